The van der Waals surface area contributed by atoms with E-state index in [1.165, 1.54) is 19.3 Å². The molecule has 1 fully saturated rings. The zero-order valence-corrected chi connectivity index (χ0v) is 13.3. The van der Waals surface area contributed by atoms with Crippen LogP contribution in [0, 0.1) is 0 Å². The topological polar surface area (TPSA) is 41.6 Å². The van der Waals surface area contributed by atoms with Gasteiger partial charge < -0.3 is 15.0 Å². The third-order valence-electron chi connectivity index (χ3n) is 3.79. The second-order valence-corrected chi connectivity index (χ2v) is 5.82. The molecule has 1 N–H and O–H groups in total. The Hall–Kier alpha value is -1.26. The highest BCUT2D eigenvalue weighted by Gasteiger charge is 2.12. The van der Waals surface area contributed by atoms with Crippen molar-refractivity contribution in [3.05, 3.63) is 28.8 Å². The Morgan fingerprint density at radius 2 is 2.10 bits per heavy atom. The summed E-state index contributed by atoms with van der Waals surface area (Å²) in [6, 6.07) is 5.33. The number of methoxy groups -OCH3 is 1. The lowest BCUT2D eigenvalue weighted by atomic mass is 10.1. The normalized spacial score (nSPS) is 15.7. The molecule has 1 aliphatic rings. The van der Waals surface area contributed by atoms with Crippen LogP contribution in [0.3, 0.4) is 0 Å². The quantitative estimate of drug-likeness (QED) is 0.878. The fourth-order valence-electron chi connectivity index (χ4n) is 2.66. The molecule has 0 saturated carbocycles. The molecule has 0 spiro atoms. The van der Waals surface area contributed by atoms with Gasteiger partial charge in [-0.2, -0.15) is 0 Å². The summed E-state index contributed by atoms with van der Waals surface area (Å²) in [5.74, 6) is 0.707. The van der Waals surface area contributed by atoms with Crippen molar-refractivity contribution in [1.29, 1.82) is 0 Å². The molecule has 1 saturated heterocycles. The van der Waals surface area contributed by atoms with Crippen molar-refractivity contribution >= 4 is 17.5 Å². The van der Waals surface area contributed by atoms with Crippen molar-refractivity contribution in [1.82, 2.24) is 10.2 Å². The van der Waals surface area contributed by atoms with Crippen LogP contribution in [0.15, 0.2) is 18.2 Å². The van der Waals surface area contributed by atoms with Crippen molar-refractivity contribution in [3.63, 3.8) is 0 Å². The monoisotopic (exact) mass is 310 g/mol. The Bertz CT molecular complexity index is 473. The number of likely N-dealkylation sites (tertiary alicyclic amines) is 1. The van der Waals surface area contributed by atoms with Crippen molar-refractivity contribution in [2.24, 2.45) is 0 Å². The molecule has 1 aromatic carbocycles. The summed E-state index contributed by atoms with van der Waals surface area (Å²) in [4.78, 5) is 14.4. The van der Waals surface area contributed by atoms with Gasteiger partial charge in [-0.3, -0.25) is 4.79 Å². The van der Waals surface area contributed by atoms with E-state index in [-0.39, 0.29) is 5.91 Å². The Kier molecular flexibility index (Phi) is 6.33. The number of halogens is 1. The number of piperidine rings is 1. The highest BCUT2D eigenvalue weighted by atomic mass is 35.5. The van der Waals surface area contributed by atoms with Crippen LogP contribution >= 0.6 is 11.6 Å². The predicted octanol–water partition coefficient (Wildman–Crippen LogP) is 2.49. The minimum atomic E-state index is 0.00701. The van der Waals surface area contributed by atoms with E-state index in [9.17, 15) is 4.79 Å². The van der Waals surface area contributed by atoms with Gasteiger partial charge in [0, 0.05) is 23.7 Å². The Labute approximate surface area is 131 Å². The van der Waals surface area contributed by atoms with Gasteiger partial charge in [0.25, 0.3) is 0 Å². The molecule has 116 valence electrons. The second-order valence-electron chi connectivity index (χ2n) is 5.39. The van der Waals surface area contributed by atoms with Crippen LogP contribution in [0.5, 0.6) is 5.75 Å². The summed E-state index contributed by atoms with van der Waals surface area (Å²) in [5, 5.41) is 3.59. The van der Waals surface area contributed by atoms with Gasteiger partial charge in [0.15, 0.2) is 0 Å². The maximum Gasteiger partial charge on any atom is 0.224 e. The van der Waals surface area contributed by atoms with Crippen molar-refractivity contribution < 1.29 is 9.53 Å². The van der Waals surface area contributed by atoms with Gasteiger partial charge in [-0.05, 0) is 44.1 Å². The van der Waals surface area contributed by atoms with Crippen LogP contribution in [0.4, 0.5) is 0 Å². The molecule has 4 nitrogen and oxygen atoms in total. The van der Waals surface area contributed by atoms with Crippen LogP contribution < -0.4 is 10.1 Å². The van der Waals surface area contributed by atoms with Crippen LogP contribution in [-0.4, -0.2) is 44.1 Å². The van der Waals surface area contributed by atoms with Crippen molar-refractivity contribution in [2.75, 3.05) is 33.3 Å². The summed E-state index contributed by atoms with van der Waals surface area (Å²) in [5.41, 5.74) is 0.820. The van der Waals surface area contributed by atoms with Gasteiger partial charge in [0.2, 0.25) is 5.91 Å². The standard InChI is InChI=1S/C16H23ClN2O2/c1-21-15-6-5-14(17)11-13(15)12-16(20)18-7-10-19-8-3-2-4-9-19/h5-6,11H,2-4,7-10,12H2,1H3,(H,18,20). The van der Waals surface area contributed by atoms with Gasteiger partial charge in [-0.1, -0.05) is 18.0 Å². The first-order chi connectivity index (χ1) is 10.2. The lowest BCUT2D eigenvalue weighted by Gasteiger charge is -2.26. The molecule has 1 amide bonds. The Balaban J connectivity index is 1.77. The van der Waals surface area contributed by atoms with E-state index >= 15 is 0 Å². The highest BCUT2D eigenvalue weighted by molar-refractivity contribution is 6.30. The number of benzene rings is 1. The molecule has 1 aliphatic heterocycles. The van der Waals surface area contributed by atoms with Crippen molar-refractivity contribution in [2.45, 2.75) is 25.7 Å². The van der Waals surface area contributed by atoms with Crippen molar-refractivity contribution in [3.8, 4) is 5.75 Å². The van der Waals surface area contributed by atoms with Gasteiger partial charge >= 0.3 is 0 Å². The average molecular weight is 311 g/mol. The fraction of sp³-hybridized carbons (Fsp3) is 0.562. The van der Waals surface area contributed by atoms with Crippen LogP contribution in [-0.2, 0) is 11.2 Å². The summed E-state index contributed by atoms with van der Waals surface area (Å²) >= 11 is 5.97. The largest absolute Gasteiger partial charge is 0.496 e. The van der Waals surface area contributed by atoms with E-state index in [1.807, 2.05) is 0 Å². The van der Waals surface area contributed by atoms with Crippen LogP contribution in [0.25, 0.3) is 0 Å². The zero-order valence-electron chi connectivity index (χ0n) is 12.5. The maximum atomic E-state index is 12.0. The summed E-state index contributed by atoms with van der Waals surface area (Å²) in [7, 11) is 1.60. The number of rotatable bonds is 6. The van der Waals surface area contributed by atoms with Gasteiger partial charge in [-0.25, -0.2) is 0 Å². The van der Waals surface area contributed by atoms with E-state index in [1.54, 1.807) is 25.3 Å². The second kappa shape index (κ2) is 8.25. The van der Waals surface area contributed by atoms with Gasteiger partial charge in [-0.15, -0.1) is 0 Å². The molecule has 21 heavy (non-hydrogen) atoms. The first-order valence-electron chi connectivity index (χ1n) is 7.50. The van der Waals surface area contributed by atoms with Crippen LogP contribution in [0.2, 0.25) is 5.02 Å². The summed E-state index contributed by atoms with van der Waals surface area (Å²) in [6.07, 6.45) is 4.17. The number of hydrogen-bond acceptors (Lipinski definition) is 3. The van der Waals surface area contributed by atoms with Gasteiger partial charge in [0.05, 0.1) is 13.5 Å². The Morgan fingerprint density at radius 1 is 1.33 bits per heavy atom. The molecule has 5 heteroatoms. The molecule has 0 unspecified atom stereocenters. The molecule has 1 aromatic rings. The Morgan fingerprint density at radius 3 is 2.81 bits per heavy atom. The first-order valence-corrected chi connectivity index (χ1v) is 7.88. The molecule has 1 heterocycles. The maximum absolute atomic E-state index is 12.0. The smallest absolute Gasteiger partial charge is 0.224 e. The van der Waals surface area contributed by atoms with E-state index in [0.29, 0.717) is 23.7 Å². The first kappa shape index (κ1) is 16.1. The number of carbonyl (C=O) groups excluding carboxylic acids is 1. The average Bonchev–Trinajstić information content (AvgIpc) is 2.48. The van der Waals surface area contributed by atoms with E-state index in [4.69, 9.17) is 16.3 Å². The number of hydrogen-bond donors (Lipinski definition) is 1. The minimum absolute atomic E-state index is 0.00701. The van der Waals surface area contributed by atoms with Gasteiger partial charge in [0.1, 0.15) is 5.75 Å². The SMILES string of the molecule is COc1ccc(Cl)cc1CC(=O)NCCN1CCCCC1. The molecule has 0 aromatic heterocycles. The zero-order chi connectivity index (χ0) is 15.1. The van der Waals surface area contributed by atoms with E-state index in [2.05, 4.69) is 10.2 Å². The summed E-state index contributed by atoms with van der Waals surface area (Å²) in [6.45, 7) is 3.93. The molecule has 0 bridgehead atoms. The third kappa shape index (κ3) is 5.21. The molecular weight excluding hydrogens is 288 g/mol. The number of carbonyl (C=O) groups is 1. The lowest BCUT2D eigenvalue weighted by Crippen LogP contribution is -2.38. The minimum Gasteiger partial charge on any atom is -0.496 e. The van der Waals surface area contributed by atoms with E-state index < -0.39 is 0 Å². The number of nitrogens with one attached hydrogen (secondary N) is 1. The number of nitrogens with zero attached hydrogens (tertiary/aromatic N) is 1. The molecular formula is C16H23ClN2O2. The molecule has 0 radical (unpaired) electrons. The fourth-order valence-corrected chi connectivity index (χ4v) is 2.85. The van der Waals surface area contributed by atoms with E-state index in [0.717, 1.165) is 25.2 Å². The number of amides is 1. The number of ether oxygens (including phenoxy) is 1. The molecule has 2 rings (SSSR count). The van der Waals surface area contributed by atoms with Crippen LogP contribution in [0.1, 0.15) is 24.8 Å². The lowest BCUT2D eigenvalue weighted by molar-refractivity contribution is -0.120. The summed E-state index contributed by atoms with van der Waals surface area (Å²) < 4.78 is 5.25. The third-order valence-corrected chi connectivity index (χ3v) is 4.03. The molecule has 0 aliphatic carbocycles. The molecule has 0 atom stereocenters. The predicted molar refractivity (Wildman–Crippen MR) is 85.0 cm³/mol. The highest BCUT2D eigenvalue weighted by Crippen LogP contribution is 2.22.